The Hall–Kier alpha value is -2.29. The van der Waals surface area contributed by atoms with Gasteiger partial charge in [-0.25, -0.2) is 0 Å². The number of carbonyl (C=O) groups is 3. The van der Waals surface area contributed by atoms with Crippen molar-refractivity contribution < 1.29 is 14.4 Å². The molecule has 0 amide bonds. The van der Waals surface area contributed by atoms with Gasteiger partial charge < -0.3 is 0 Å². The third-order valence-electron chi connectivity index (χ3n) is 2.79. The highest BCUT2D eigenvalue weighted by atomic mass is 16.2. The lowest BCUT2D eigenvalue weighted by Gasteiger charge is -2.08. The van der Waals surface area contributed by atoms with Crippen LogP contribution in [0.5, 0.6) is 0 Å². The van der Waals surface area contributed by atoms with Gasteiger partial charge in [-0.3, -0.25) is 14.4 Å². The molecule has 2 rings (SSSR count). The number of Topliss-reactive ketones (excluding diaryl/α,β-unsaturated/α-hetero) is 1. The molecule has 90 valence electrons. The number of hydrogen-bond donors (Lipinski definition) is 0. The van der Waals surface area contributed by atoms with Crippen molar-refractivity contribution >= 4 is 17.3 Å². The van der Waals surface area contributed by atoms with E-state index in [0.29, 0.717) is 5.57 Å². The molecule has 0 bridgehead atoms. The SMILES string of the molecule is CC1=CC(=O)C(C(=O)Cc2ccccc2)=CC1=O. The van der Waals surface area contributed by atoms with E-state index in [1.54, 1.807) is 6.92 Å². The van der Waals surface area contributed by atoms with E-state index in [4.69, 9.17) is 0 Å². The van der Waals surface area contributed by atoms with Gasteiger partial charge in [-0.2, -0.15) is 0 Å². The quantitative estimate of drug-likeness (QED) is 0.598. The third kappa shape index (κ3) is 2.51. The number of rotatable bonds is 3. The first kappa shape index (κ1) is 12.2. The Morgan fingerprint density at radius 2 is 1.67 bits per heavy atom. The number of benzene rings is 1. The van der Waals surface area contributed by atoms with Crippen LogP contribution in [0.25, 0.3) is 0 Å². The summed E-state index contributed by atoms with van der Waals surface area (Å²) in [4.78, 5) is 35.1. The first-order valence-corrected chi connectivity index (χ1v) is 5.63. The van der Waals surface area contributed by atoms with Gasteiger partial charge >= 0.3 is 0 Å². The number of allylic oxidation sites excluding steroid dienone is 4. The zero-order chi connectivity index (χ0) is 13.1. The van der Waals surface area contributed by atoms with Crippen molar-refractivity contribution in [2.24, 2.45) is 0 Å². The monoisotopic (exact) mass is 240 g/mol. The molecular formula is C15H12O3. The maximum atomic E-state index is 12.0. The van der Waals surface area contributed by atoms with E-state index in [2.05, 4.69) is 0 Å². The van der Waals surface area contributed by atoms with E-state index in [-0.39, 0.29) is 29.3 Å². The van der Waals surface area contributed by atoms with Gasteiger partial charge in [0, 0.05) is 18.1 Å². The standard InChI is InChI=1S/C15H12O3/c1-10-7-14(17)12(9-13(10)16)15(18)8-11-5-3-2-4-6-11/h2-7,9H,8H2,1H3. The maximum absolute atomic E-state index is 12.0. The van der Waals surface area contributed by atoms with Crippen LogP contribution in [0.15, 0.2) is 53.6 Å². The van der Waals surface area contributed by atoms with Crippen LogP contribution in [0.1, 0.15) is 12.5 Å². The second-order valence-electron chi connectivity index (χ2n) is 4.20. The molecule has 0 N–H and O–H groups in total. The Bertz CT molecular complexity index is 577. The molecule has 0 atom stereocenters. The zero-order valence-electron chi connectivity index (χ0n) is 9.97. The van der Waals surface area contributed by atoms with E-state index in [9.17, 15) is 14.4 Å². The Morgan fingerprint density at radius 3 is 2.33 bits per heavy atom. The van der Waals surface area contributed by atoms with E-state index in [0.717, 1.165) is 11.6 Å². The lowest BCUT2D eigenvalue weighted by molar-refractivity contribution is -0.120. The second-order valence-corrected chi connectivity index (χ2v) is 4.20. The highest BCUT2D eigenvalue weighted by Gasteiger charge is 2.22. The first-order chi connectivity index (χ1) is 8.58. The molecule has 1 aromatic carbocycles. The predicted octanol–water partition coefficient (Wildman–Crippen LogP) is 1.82. The van der Waals surface area contributed by atoms with Gasteiger partial charge in [-0.1, -0.05) is 30.3 Å². The van der Waals surface area contributed by atoms with E-state index in [1.165, 1.54) is 6.08 Å². The van der Waals surface area contributed by atoms with Gasteiger partial charge in [0.2, 0.25) is 0 Å². The minimum Gasteiger partial charge on any atom is -0.294 e. The molecule has 0 fully saturated rings. The van der Waals surface area contributed by atoms with Crippen molar-refractivity contribution in [3.05, 3.63) is 59.2 Å². The number of hydrogen-bond acceptors (Lipinski definition) is 3. The van der Waals surface area contributed by atoms with Crippen LogP contribution >= 0.6 is 0 Å². The largest absolute Gasteiger partial charge is 0.294 e. The smallest absolute Gasteiger partial charge is 0.189 e. The summed E-state index contributed by atoms with van der Waals surface area (Å²) in [5.74, 6) is -0.970. The molecule has 3 nitrogen and oxygen atoms in total. The van der Waals surface area contributed by atoms with Crippen LogP contribution in [0.3, 0.4) is 0 Å². The Balaban J connectivity index is 2.18. The van der Waals surface area contributed by atoms with Crippen LogP contribution in [0, 0.1) is 0 Å². The summed E-state index contributed by atoms with van der Waals surface area (Å²) in [6, 6.07) is 9.14. The molecule has 0 aliphatic heterocycles. The summed E-state index contributed by atoms with van der Waals surface area (Å²) in [5.41, 5.74) is 1.18. The van der Waals surface area contributed by atoms with E-state index in [1.807, 2.05) is 30.3 Å². The lowest BCUT2D eigenvalue weighted by Crippen LogP contribution is -2.19. The number of carbonyl (C=O) groups excluding carboxylic acids is 3. The van der Waals surface area contributed by atoms with Gasteiger partial charge in [-0.05, 0) is 18.6 Å². The highest BCUT2D eigenvalue weighted by molar-refractivity contribution is 6.31. The summed E-state index contributed by atoms with van der Waals surface area (Å²) in [6.45, 7) is 1.56. The van der Waals surface area contributed by atoms with Crippen molar-refractivity contribution in [1.29, 1.82) is 0 Å². The van der Waals surface area contributed by atoms with Crippen LogP contribution in [0.4, 0.5) is 0 Å². The van der Waals surface area contributed by atoms with Crippen molar-refractivity contribution in [3.63, 3.8) is 0 Å². The van der Waals surface area contributed by atoms with Gasteiger partial charge in [0.1, 0.15) is 0 Å². The van der Waals surface area contributed by atoms with Gasteiger partial charge in [0.25, 0.3) is 0 Å². The molecule has 1 aromatic rings. The van der Waals surface area contributed by atoms with Gasteiger partial charge in [0.15, 0.2) is 17.3 Å². The van der Waals surface area contributed by atoms with Crippen LogP contribution in [-0.4, -0.2) is 17.3 Å². The molecule has 18 heavy (non-hydrogen) atoms. The summed E-state index contributed by atoms with van der Waals surface area (Å²) < 4.78 is 0. The Labute approximate surface area is 105 Å². The average Bonchev–Trinajstić information content (AvgIpc) is 2.35. The molecular weight excluding hydrogens is 228 g/mol. The molecule has 0 spiro atoms. The minimum absolute atomic E-state index is 0.0190. The summed E-state index contributed by atoms with van der Waals surface area (Å²) in [7, 11) is 0. The molecule has 0 heterocycles. The zero-order valence-corrected chi connectivity index (χ0v) is 9.97. The van der Waals surface area contributed by atoms with Crippen LogP contribution in [0.2, 0.25) is 0 Å². The second kappa shape index (κ2) is 4.92. The van der Waals surface area contributed by atoms with Crippen LogP contribution in [-0.2, 0) is 20.8 Å². The average molecular weight is 240 g/mol. The molecule has 0 unspecified atom stereocenters. The lowest BCUT2D eigenvalue weighted by atomic mass is 9.92. The highest BCUT2D eigenvalue weighted by Crippen LogP contribution is 2.14. The number of ketones is 3. The van der Waals surface area contributed by atoms with Gasteiger partial charge in [0.05, 0.1) is 5.57 Å². The molecule has 0 saturated heterocycles. The third-order valence-corrected chi connectivity index (χ3v) is 2.79. The molecule has 3 heteroatoms. The Morgan fingerprint density at radius 1 is 1.00 bits per heavy atom. The Kier molecular flexibility index (Phi) is 3.33. The fraction of sp³-hybridized carbons (Fsp3) is 0.133. The van der Waals surface area contributed by atoms with Gasteiger partial charge in [-0.15, -0.1) is 0 Å². The normalized spacial score (nSPS) is 15.2. The predicted molar refractivity (Wildman–Crippen MR) is 67.0 cm³/mol. The van der Waals surface area contributed by atoms with Crippen molar-refractivity contribution in [1.82, 2.24) is 0 Å². The van der Waals surface area contributed by atoms with Crippen LogP contribution < -0.4 is 0 Å². The first-order valence-electron chi connectivity index (χ1n) is 5.63. The summed E-state index contributed by atoms with van der Waals surface area (Å²) >= 11 is 0. The molecule has 1 aliphatic rings. The minimum atomic E-state index is -0.381. The fourth-order valence-corrected chi connectivity index (χ4v) is 1.76. The maximum Gasteiger partial charge on any atom is 0.189 e. The summed E-state index contributed by atoms with van der Waals surface area (Å²) in [6.07, 6.45) is 2.50. The fourth-order valence-electron chi connectivity index (χ4n) is 1.76. The van der Waals surface area contributed by atoms with Crippen molar-refractivity contribution in [2.75, 3.05) is 0 Å². The topological polar surface area (TPSA) is 51.2 Å². The summed E-state index contributed by atoms with van der Waals surface area (Å²) in [5, 5.41) is 0. The molecule has 0 aromatic heterocycles. The van der Waals surface area contributed by atoms with E-state index < -0.39 is 0 Å². The molecule has 0 radical (unpaired) electrons. The van der Waals surface area contributed by atoms with Crippen molar-refractivity contribution in [3.8, 4) is 0 Å². The van der Waals surface area contributed by atoms with Crippen molar-refractivity contribution in [2.45, 2.75) is 13.3 Å². The van der Waals surface area contributed by atoms with E-state index >= 15 is 0 Å². The molecule has 0 saturated carbocycles. The molecule has 1 aliphatic carbocycles.